The summed E-state index contributed by atoms with van der Waals surface area (Å²) in [6.07, 6.45) is -3.62. The zero-order valence-electron chi connectivity index (χ0n) is 55.4. The number of methoxy groups -OCH3 is 1. The smallest absolute Gasteiger partial charge is 0.383 e. The van der Waals surface area contributed by atoms with Crippen LogP contribution in [0.25, 0.3) is 39.6 Å². The molecular weight excluding hydrogens is 1290 g/mol. The molecule has 0 bridgehead atoms. The molecule has 0 unspecified atom stereocenters. The van der Waals surface area contributed by atoms with Crippen molar-refractivity contribution in [1.29, 1.82) is 0 Å². The molecule has 0 radical (unpaired) electrons. The van der Waals surface area contributed by atoms with Crippen molar-refractivity contribution < 1.29 is 56.1 Å². The van der Waals surface area contributed by atoms with Crippen LogP contribution in [-0.4, -0.2) is 103 Å². The first-order valence-electron chi connectivity index (χ1n) is 31.2. The third kappa shape index (κ3) is 17.4. The molecule has 0 saturated carbocycles. The number of halogens is 3. The van der Waals surface area contributed by atoms with Gasteiger partial charge in [0.2, 0.25) is 0 Å². The number of ether oxygens (including phenoxy) is 3. The summed E-state index contributed by atoms with van der Waals surface area (Å²) in [5.41, 5.74) is 44.2. The van der Waals surface area contributed by atoms with E-state index in [1.807, 2.05) is 118 Å². The molecule has 15 N–H and O–H groups in total. The van der Waals surface area contributed by atoms with E-state index in [4.69, 9.17) is 48.6 Å². The van der Waals surface area contributed by atoms with Crippen LogP contribution in [0.2, 0.25) is 0 Å². The molecule has 0 spiro atoms. The van der Waals surface area contributed by atoms with Crippen molar-refractivity contribution in [1.82, 2.24) is 50.3 Å². The van der Waals surface area contributed by atoms with E-state index in [9.17, 15) is 41.9 Å². The van der Waals surface area contributed by atoms with Crippen LogP contribution in [-0.2, 0) is 53.1 Å². The standard InChI is InChI=1S/C25H21F3N6O2.C24H27N5O3.C23H27N5O4/c1-14-4-2-3-5-18(14)24(36)32-13-15-6-8-16(9-7-15)21-20(23(30)35)22(29)34(33-21)19-12-17(10-11-31-19)25(26,27)28;1-15-5-3-4-6-18(15)23(31)27-11-16-7-9-17(10-8-16)20-19(22(26)30)21(25)29(28-20)12-24(2)13-32-14-24;1-15-5-3-4-6-18(15)23(30)26-13-16-7-9-17(10-8-16)20-19(22(25)29)21(24)28(27-20)11-12-32-14-31-2/h2-12H,13,29H2,1H3,(H2,30,35)(H,32,36);3-10H,11-14,25H2,1-2H3,(H2,26,30)(H,27,31);3-10H,11-14,24H2,1-2H3,(H2,25,29)(H,26,30). The number of nitrogens with two attached hydrogens (primary N) is 6. The summed E-state index contributed by atoms with van der Waals surface area (Å²) in [5, 5.41) is 22.0. The minimum absolute atomic E-state index is 0.0640. The Labute approximate surface area is 573 Å². The largest absolute Gasteiger partial charge is 0.416 e. The van der Waals surface area contributed by atoms with Crippen LogP contribution in [0.5, 0.6) is 0 Å². The number of anilines is 3. The molecule has 1 aliphatic rings. The van der Waals surface area contributed by atoms with Gasteiger partial charge in [-0.15, -0.1) is 0 Å². The van der Waals surface area contributed by atoms with Crippen LogP contribution in [0.4, 0.5) is 30.6 Å². The molecule has 11 rings (SSSR count). The predicted molar refractivity (Wildman–Crippen MR) is 370 cm³/mol. The van der Waals surface area contributed by atoms with Crippen molar-refractivity contribution in [3.05, 3.63) is 236 Å². The molecule has 5 heterocycles. The first kappa shape index (κ1) is 72.3. The monoisotopic (exact) mass is 1360 g/mol. The number of carbonyl (C=O) groups excluding carboxylic acids is 6. The number of nitrogens with one attached hydrogen (secondary N) is 3. The predicted octanol–water partition coefficient (Wildman–Crippen LogP) is 8.47. The van der Waals surface area contributed by atoms with Crippen molar-refractivity contribution in [3.8, 4) is 39.6 Å². The number of pyridine rings is 1. The molecule has 6 aromatic carbocycles. The summed E-state index contributed by atoms with van der Waals surface area (Å²) in [6.45, 7) is 11.3. The van der Waals surface area contributed by atoms with E-state index in [0.29, 0.717) is 85.2 Å². The Morgan fingerprint density at radius 3 is 1.29 bits per heavy atom. The van der Waals surface area contributed by atoms with Crippen LogP contribution < -0.4 is 50.4 Å². The lowest BCUT2D eigenvalue weighted by molar-refractivity contribution is -0.137. The van der Waals surface area contributed by atoms with Crippen molar-refractivity contribution in [2.75, 3.05) is 50.9 Å². The van der Waals surface area contributed by atoms with Gasteiger partial charge in [0.1, 0.15) is 58.0 Å². The van der Waals surface area contributed by atoms with Gasteiger partial charge in [0.15, 0.2) is 5.82 Å². The first-order chi connectivity index (χ1) is 47.7. The number of nitrogens with zero attached hydrogens (tertiary/aromatic N) is 7. The Hall–Kier alpha value is -12.0. The Morgan fingerprint density at radius 2 is 0.920 bits per heavy atom. The highest BCUT2D eigenvalue weighted by atomic mass is 19.4. The number of aryl methyl sites for hydroxylation is 3. The Balaban J connectivity index is 0.000000175. The Morgan fingerprint density at radius 1 is 0.540 bits per heavy atom. The molecule has 1 fully saturated rings. The van der Waals surface area contributed by atoms with Crippen molar-refractivity contribution in [3.63, 3.8) is 0 Å². The van der Waals surface area contributed by atoms with Gasteiger partial charge in [-0.2, -0.15) is 33.1 Å². The first-order valence-corrected chi connectivity index (χ1v) is 31.2. The molecule has 10 aromatic rings. The second kappa shape index (κ2) is 31.9. The Kier molecular flexibility index (Phi) is 23.1. The fraction of sp³-hybridized carbons (Fsp3) is 0.222. The lowest BCUT2D eigenvalue weighted by Crippen LogP contribution is -2.43. The summed E-state index contributed by atoms with van der Waals surface area (Å²) in [4.78, 5) is 77.4. The van der Waals surface area contributed by atoms with Gasteiger partial charge in [0, 0.05) is 71.7 Å². The zero-order chi connectivity index (χ0) is 72.0. The molecule has 6 amide bonds. The second-order valence-corrected chi connectivity index (χ2v) is 23.8. The number of hydrogen-bond donors (Lipinski definition) is 9. The molecule has 0 aliphatic carbocycles. The molecule has 1 saturated heterocycles. The number of alkyl halides is 3. The van der Waals surface area contributed by atoms with Crippen molar-refractivity contribution >= 4 is 52.9 Å². The highest BCUT2D eigenvalue weighted by Gasteiger charge is 2.36. The van der Waals surface area contributed by atoms with Crippen LogP contribution in [0, 0.1) is 26.2 Å². The summed E-state index contributed by atoms with van der Waals surface area (Å²) < 4.78 is 58.9. The van der Waals surface area contributed by atoms with E-state index in [-0.39, 0.29) is 82.1 Å². The third-order valence-electron chi connectivity index (χ3n) is 16.2. The van der Waals surface area contributed by atoms with E-state index in [1.54, 1.807) is 53.2 Å². The molecular formula is C72H75F3N16O9. The maximum Gasteiger partial charge on any atom is 0.416 e. The quantitative estimate of drug-likeness (QED) is 0.0214. The minimum Gasteiger partial charge on any atom is -0.383 e. The molecule has 1 aliphatic heterocycles. The summed E-state index contributed by atoms with van der Waals surface area (Å²) in [7, 11) is 1.53. The van der Waals surface area contributed by atoms with Crippen LogP contribution in [0.1, 0.15) is 108 Å². The van der Waals surface area contributed by atoms with Crippen LogP contribution in [0.3, 0.4) is 0 Å². The van der Waals surface area contributed by atoms with Gasteiger partial charge in [-0.1, -0.05) is 134 Å². The average molecular weight is 1370 g/mol. The number of hydrogen-bond acceptors (Lipinski definition) is 16. The fourth-order valence-electron chi connectivity index (χ4n) is 10.7. The van der Waals surface area contributed by atoms with Crippen molar-refractivity contribution in [2.45, 2.75) is 66.6 Å². The number of benzene rings is 6. The zero-order valence-corrected chi connectivity index (χ0v) is 55.4. The van der Waals surface area contributed by atoms with Crippen LogP contribution >= 0.6 is 0 Å². The summed E-state index contributed by atoms with van der Waals surface area (Å²) >= 11 is 0. The van der Waals surface area contributed by atoms with Gasteiger partial charge >= 0.3 is 6.18 Å². The SMILES string of the molecule is COCOCCn1nc(-c2ccc(CNC(=O)c3ccccc3C)cc2)c(C(N)=O)c1N.Cc1ccccc1C(=O)NCc1ccc(-c2nn(-c3cc(C(F)(F)F)ccn3)c(N)c2C(N)=O)cc1.Cc1ccccc1C(=O)NCc1ccc(-c2nn(CC3(C)COC3)c(N)c2C(N)=O)cc1. The van der Waals surface area contributed by atoms with E-state index in [0.717, 1.165) is 62.0 Å². The lowest BCUT2D eigenvalue weighted by atomic mass is 9.89. The lowest BCUT2D eigenvalue weighted by Gasteiger charge is -2.37. The summed E-state index contributed by atoms with van der Waals surface area (Å²) in [6, 6.07) is 45.2. The number of primary amides is 3. The maximum atomic E-state index is 13.1. The fourth-order valence-corrected chi connectivity index (χ4v) is 10.7. The van der Waals surface area contributed by atoms with Gasteiger partial charge in [0.05, 0.1) is 38.5 Å². The van der Waals surface area contributed by atoms with E-state index < -0.39 is 29.5 Å². The van der Waals surface area contributed by atoms with Crippen molar-refractivity contribution in [2.24, 2.45) is 22.6 Å². The van der Waals surface area contributed by atoms with Gasteiger partial charge in [0.25, 0.3) is 35.4 Å². The second-order valence-electron chi connectivity index (χ2n) is 23.8. The van der Waals surface area contributed by atoms with Gasteiger partial charge in [-0.05, 0) is 84.5 Å². The van der Waals surface area contributed by atoms with Gasteiger partial charge < -0.3 is 64.6 Å². The maximum absolute atomic E-state index is 13.1. The molecule has 4 aromatic heterocycles. The van der Waals surface area contributed by atoms with Gasteiger partial charge in [-0.3, -0.25) is 28.8 Å². The molecule has 25 nitrogen and oxygen atoms in total. The number of amides is 6. The van der Waals surface area contributed by atoms with Crippen LogP contribution in [0.15, 0.2) is 164 Å². The number of nitrogen functional groups attached to an aromatic ring is 3. The normalized spacial score (nSPS) is 12.2. The van der Waals surface area contributed by atoms with E-state index >= 15 is 0 Å². The van der Waals surface area contributed by atoms with Gasteiger partial charge in [-0.25, -0.2) is 14.3 Å². The van der Waals surface area contributed by atoms with E-state index in [2.05, 4.69) is 43.2 Å². The third-order valence-corrected chi connectivity index (χ3v) is 16.2. The molecule has 518 valence electrons. The molecule has 28 heteroatoms. The number of aromatic nitrogens is 7. The highest BCUT2D eigenvalue weighted by molar-refractivity contribution is 6.05. The molecule has 100 heavy (non-hydrogen) atoms. The number of carbonyl (C=O) groups is 6. The number of rotatable bonds is 23. The summed E-state index contributed by atoms with van der Waals surface area (Å²) in [5.74, 6) is -2.65. The Bertz CT molecular complexity index is 4620. The molecule has 0 atom stereocenters. The highest BCUT2D eigenvalue weighted by Crippen LogP contribution is 2.35. The minimum atomic E-state index is -4.60. The average Bonchev–Trinajstić information content (AvgIpc) is 1.65. The topological polar surface area (TPSA) is 389 Å². The van der Waals surface area contributed by atoms with E-state index in [1.165, 1.54) is 11.8 Å².